The Kier molecular flexibility index (Phi) is 4.61. The summed E-state index contributed by atoms with van der Waals surface area (Å²) in [5, 5.41) is 10.5. The molecule has 9 nitrogen and oxygen atoms in total. The maximum Gasteiger partial charge on any atom is 0.261 e. The minimum Gasteiger partial charge on any atom is -0.487 e. The molecular weight excluding hydrogens is 406 g/mol. The highest BCUT2D eigenvalue weighted by molar-refractivity contribution is 6.24. The number of aromatic nitrogens is 4. The predicted octanol–water partition coefficient (Wildman–Crippen LogP) is 2.68. The molecule has 4 N–H and O–H groups in total. The van der Waals surface area contributed by atoms with Gasteiger partial charge in [-0.3, -0.25) is 9.89 Å². The van der Waals surface area contributed by atoms with E-state index in [1.165, 1.54) is 11.8 Å². The van der Waals surface area contributed by atoms with Crippen molar-refractivity contribution >= 4 is 22.9 Å². The van der Waals surface area contributed by atoms with E-state index in [2.05, 4.69) is 44.2 Å². The first-order chi connectivity index (χ1) is 15.3. The van der Waals surface area contributed by atoms with E-state index in [1.807, 2.05) is 19.1 Å². The number of aryl methyl sites for hydroxylation is 1. The van der Waals surface area contributed by atoms with Crippen molar-refractivity contribution in [2.75, 3.05) is 10.2 Å². The standard InChI is InChI=1S/C23H25N7O2/c1-13-16-11-30(12-18(16)29-28-13)19-8-20-14(9-23(2,3)32-20)7-17(19)27-22(31)15(10-24)21-25-5-4-6-26-21/h4-8,10H,9,11-12,24H2,1-3H3,(H,27,31)(H,28,29). The van der Waals surface area contributed by atoms with E-state index in [-0.39, 0.29) is 22.9 Å². The third-order valence-electron chi connectivity index (χ3n) is 5.84. The molecule has 0 spiro atoms. The summed E-state index contributed by atoms with van der Waals surface area (Å²) in [5.74, 6) is 0.746. The minimum atomic E-state index is -0.369. The molecule has 5 rings (SSSR count). The van der Waals surface area contributed by atoms with Crippen molar-refractivity contribution in [1.29, 1.82) is 0 Å². The van der Waals surface area contributed by atoms with E-state index in [4.69, 9.17) is 10.5 Å². The molecule has 2 aliphatic heterocycles. The van der Waals surface area contributed by atoms with Crippen molar-refractivity contribution < 1.29 is 9.53 Å². The van der Waals surface area contributed by atoms with Crippen molar-refractivity contribution in [2.45, 2.75) is 45.9 Å². The zero-order valence-corrected chi connectivity index (χ0v) is 18.3. The maximum absolute atomic E-state index is 13.2. The summed E-state index contributed by atoms with van der Waals surface area (Å²) in [5.41, 5.74) is 11.5. The molecule has 0 atom stereocenters. The van der Waals surface area contributed by atoms with Gasteiger partial charge < -0.3 is 20.7 Å². The number of benzene rings is 1. The fraction of sp³-hybridized carbons (Fsp3) is 0.304. The summed E-state index contributed by atoms with van der Waals surface area (Å²) in [6.45, 7) is 7.48. The van der Waals surface area contributed by atoms with E-state index < -0.39 is 0 Å². The Morgan fingerprint density at radius 2 is 2.06 bits per heavy atom. The number of aromatic amines is 1. The first-order valence-corrected chi connectivity index (χ1v) is 10.5. The lowest BCUT2D eigenvalue weighted by Crippen LogP contribution is -2.24. The largest absolute Gasteiger partial charge is 0.487 e. The normalized spacial score (nSPS) is 16.5. The van der Waals surface area contributed by atoms with Gasteiger partial charge in [0.2, 0.25) is 0 Å². The van der Waals surface area contributed by atoms with Crippen molar-refractivity contribution in [1.82, 2.24) is 20.2 Å². The Labute approximate surface area is 185 Å². The molecule has 4 heterocycles. The van der Waals surface area contributed by atoms with Gasteiger partial charge in [-0.25, -0.2) is 9.97 Å². The Morgan fingerprint density at radius 3 is 2.78 bits per heavy atom. The van der Waals surface area contributed by atoms with Gasteiger partial charge in [-0.1, -0.05) is 0 Å². The van der Waals surface area contributed by atoms with Crippen LogP contribution in [0.1, 0.15) is 42.2 Å². The number of carbonyl (C=O) groups is 1. The Bertz CT molecular complexity index is 1230. The van der Waals surface area contributed by atoms with E-state index in [0.717, 1.165) is 34.8 Å². The van der Waals surface area contributed by atoms with Gasteiger partial charge in [-0.15, -0.1) is 0 Å². The van der Waals surface area contributed by atoms with Gasteiger partial charge in [-0.05, 0) is 32.9 Å². The second-order valence-corrected chi connectivity index (χ2v) is 8.75. The lowest BCUT2D eigenvalue weighted by atomic mass is 10.0. The van der Waals surface area contributed by atoms with Gasteiger partial charge in [0.05, 0.1) is 29.2 Å². The highest BCUT2D eigenvalue weighted by atomic mass is 16.5. The molecule has 0 saturated carbocycles. The molecule has 0 radical (unpaired) electrons. The molecule has 2 aliphatic rings. The van der Waals surface area contributed by atoms with Crippen LogP contribution in [0.2, 0.25) is 0 Å². The third kappa shape index (κ3) is 3.45. The quantitative estimate of drug-likeness (QED) is 0.543. The Balaban J connectivity index is 1.51. The summed E-state index contributed by atoms with van der Waals surface area (Å²) >= 11 is 0. The lowest BCUT2D eigenvalue weighted by molar-refractivity contribution is -0.111. The van der Waals surface area contributed by atoms with E-state index in [1.54, 1.807) is 18.5 Å². The smallest absolute Gasteiger partial charge is 0.261 e. The number of fused-ring (bicyclic) bond motifs is 2. The average molecular weight is 432 g/mol. The highest BCUT2D eigenvalue weighted by Gasteiger charge is 2.33. The molecule has 2 aromatic heterocycles. The molecule has 9 heteroatoms. The Hall–Kier alpha value is -3.88. The van der Waals surface area contributed by atoms with Crippen molar-refractivity contribution in [3.63, 3.8) is 0 Å². The summed E-state index contributed by atoms with van der Waals surface area (Å²) in [7, 11) is 0. The SMILES string of the molecule is Cc1[nH]nc2c1CN(c1cc3c(cc1NC(=O)C(=CN)c1ncccn1)CC(C)(C)O3)C2. The molecule has 0 saturated heterocycles. The van der Waals surface area contributed by atoms with Gasteiger partial charge in [-0.2, -0.15) is 5.10 Å². The summed E-state index contributed by atoms with van der Waals surface area (Å²) < 4.78 is 6.16. The summed E-state index contributed by atoms with van der Waals surface area (Å²) in [4.78, 5) is 23.7. The number of nitrogens with zero attached hydrogens (tertiary/aromatic N) is 4. The highest BCUT2D eigenvalue weighted by Crippen LogP contribution is 2.43. The molecule has 32 heavy (non-hydrogen) atoms. The fourth-order valence-corrected chi connectivity index (χ4v) is 4.32. The number of H-pyrrole nitrogens is 1. The van der Waals surface area contributed by atoms with Gasteiger partial charge in [0.25, 0.3) is 5.91 Å². The number of ether oxygens (including phenoxy) is 1. The van der Waals surface area contributed by atoms with Crippen molar-refractivity contribution in [2.24, 2.45) is 5.73 Å². The molecule has 0 bridgehead atoms. The number of nitrogens with one attached hydrogen (secondary N) is 2. The number of hydrogen-bond donors (Lipinski definition) is 3. The number of rotatable bonds is 4. The van der Waals surface area contributed by atoms with Crippen LogP contribution in [0.3, 0.4) is 0 Å². The monoisotopic (exact) mass is 431 g/mol. The van der Waals surface area contributed by atoms with Crippen LogP contribution in [0.5, 0.6) is 5.75 Å². The average Bonchev–Trinajstić information content (AvgIpc) is 3.41. The lowest BCUT2D eigenvalue weighted by Gasteiger charge is -2.23. The summed E-state index contributed by atoms with van der Waals surface area (Å²) in [6, 6.07) is 5.69. The van der Waals surface area contributed by atoms with Crippen LogP contribution in [0.4, 0.5) is 11.4 Å². The second kappa shape index (κ2) is 7.37. The molecule has 1 aromatic carbocycles. The van der Waals surface area contributed by atoms with Crippen LogP contribution < -0.4 is 20.7 Å². The van der Waals surface area contributed by atoms with Crippen LogP contribution in [0.25, 0.3) is 5.57 Å². The molecule has 0 fully saturated rings. The summed E-state index contributed by atoms with van der Waals surface area (Å²) in [6.07, 6.45) is 5.15. The van der Waals surface area contributed by atoms with E-state index >= 15 is 0 Å². The van der Waals surface area contributed by atoms with E-state index in [9.17, 15) is 4.79 Å². The van der Waals surface area contributed by atoms with Gasteiger partial charge in [0.1, 0.15) is 11.4 Å². The molecular formula is C23H25N7O2. The second-order valence-electron chi connectivity index (χ2n) is 8.75. The topological polar surface area (TPSA) is 122 Å². The molecule has 0 unspecified atom stereocenters. The van der Waals surface area contributed by atoms with Crippen molar-refractivity contribution in [3.05, 3.63) is 65.1 Å². The fourth-order valence-electron chi connectivity index (χ4n) is 4.32. The number of hydrogen-bond acceptors (Lipinski definition) is 7. The number of carbonyl (C=O) groups excluding carboxylic acids is 1. The number of anilines is 2. The zero-order chi connectivity index (χ0) is 22.5. The number of amides is 1. The third-order valence-corrected chi connectivity index (χ3v) is 5.84. The first kappa shape index (κ1) is 20.0. The minimum absolute atomic E-state index is 0.207. The van der Waals surface area contributed by atoms with Crippen LogP contribution in [0.15, 0.2) is 36.8 Å². The molecule has 1 amide bonds. The zero-order valence-electron chi connectivity index (χ0n) is 18.3. The van der Waals surface area contributed by atoms with Gasteiger partial charge >= 0.3 is 0 Å². The van der Waals surface area contributed by atoms with Crippen molar-refractivity contribution in [3.8, 4) is 5.75 Å². The van der Waals surface area contributed by atoms with Gasteiger partial charge in [0, 0.05) is 54.4 Å². The number of nitrogens with two attached hydrogens (primary N) is 1. The van der Waals surface area contributed by atoms with Crippen LogP contribution in [-0.2, 0) is 24.3 Å². The first-order valence-electron chi connectivity index (χ1n) is 10.5. The van der Waals surface area contributed by atoms with Crippen LogP contribution >= 0.6 is 0 Å². The van der Waals surface area contributed by atoms with Crippen LogP contribution in [-0.4, -0.2) is 31.7 Å². The predicted molar refractivity (Wildman–Crippen MR) is 121 cm³/mol. The molecule has 3 aromatic rings. The van der Waals surface area contributed by atoms with E-state index in [0.29, 0.717) is 18.8 Å². The Morgan fingerprint density at radius 1 is 1.28 bits per heavy atom. The maximum atomic E-state index is 13.2. The molecule has 164 valence electrons. The van der Waals surface area contributed by atoms with Gasteiger partial charge in [0.15, 0.2) is 5.82 Å². The van der Waals surface area contributed by atoms with Crippen LogP contribution in [0, 0.1) is 6.92 Å². The molecule has 0 aliphatic carbocycles.